The summed E-state index contributed by atoms with van der Waals surface area (Å²) in [6.45, 7) is 2.07. The topological polar surface area (TPSA) is 26.3 Å². The predicted octanol–water partition coefficient (Wildman–Crippen LogP) is 7.59. The van der Waals surface area contributed by atoms with E-state index in [2.05, 4.69) is 11.3 Å². The van der Waals surface area contributed by atoms with Gasteiger partial charge in [0.2, 0.25) is 0 Å². The van der Waals surface area contributed by atoms with Crippen LogP contribution in [-0.2, 0) is 9.53 Å². The van der Waals surface area contributed by atoms with E-state index in [1.54, 1.807) is 0 Å². The summed E-state index contributed by atoms with van der Waals surface area (Å²) in [5.74, 6) is -67.3. The second kappa shape index (κ2) is 9.06. The highest BCUT2D eigenvalue weighted by Crippen LogP contribution is 2.67. The van der Waals surface area contributed by atoms with Crippen LogP contribution in [0.4, 0.5) is 101 Å². The Morgan fingerprint density at radius 1 is 0.436 bits per heavy atom. The molecule has 0 bridgehead atoms. The molecule has 39 heavy (non-hydrogen) atoms. The van der Waals surface area contributed by atoms with Gasteiger partial charge in [-0.1, -0.05) is 6.58 Å². The summed E-state index contributed by atoms with van der Waals surface area (Å²) in [6, 6.07) is 0. The van der Waals surface area contributed by atoms with Crippen LogP contribution in [0.15, 0.2) is 12.7 Å². The van der Waals surface area contributed by atoms with E-state index < -0.39 is 77.6 Å². The first-order valence-corrected chi connectivity index (χ1v) is 8.16. The minimum atomic E-state index is -9.54. The Morgan fingerprint density at radius 2 is 0.692 bits per heavy atom. The third-order valence-corrected chi connectivity index (χ3v) is 4.36. The molecule has 0 aromatic heterocycles. The van der Waals surface area contributed by atoms with E-state index in [0.717, 1.165) is 0 Å². The van der Waals surface area contributed by atoms with E-state index >= 15 is 0 Å². The number of hydrogen-bond donors (Lipinski definition) is 0. The van der Waals surface area contributed by atoms with Gasteiger partial charge < -0.3 is 4.74 Å². The number of rotatable bonds is 9. The Morgan fingerprint density at radius 3 is 0.923 bits per heavy atom. The molecule has 0 aliphatic carbocycles. The lowest BCUT2D eigenvalue weighted by Crippen LogP contribution is -2.79. The first-order valence-electron chi connectivity index (χ1n) is 8.16. The highest BCUT2D eigenvalue weighted by Gasteiger charge is 3.00. The molecule has 0 N–H and O–H groups in total. The van der Waals surface area contributed by atoms with Gasteiger partial charge in [-0.3, -0.25) is 0 Å². The molecule has 25 heteroatoms. The van der Waals surface area contributed by atoms with E-state index in [0.29, 0.717) is 0 Å². The molecule has 0 spiro atoms. The van der Waals surface area contributed by atoms with Crippen LogP contribution in [-0.4, -0.2) is 71.6 Å². The molecule has 0 aromatic carbocycles. The van der Waals surface area contributed by atoms with Crippen LogP contribution in [0.5, 0.6) is 0 Å². The van der Waals surface area contributed by atoms with Crippen LogP contribution < -0.4 is 0 Å². The molecular formula is C14H3F23O2. The molecule has 0 rings (SSSR count). The highest BCUT2D eigenvalue weighted by atomic mass is 19.4. The third kappa shape index (κ3) is 4.49. The van der Waals surface area contributed by atoms with E-state index in [-0.39, 0.29) is 0 Å². The second-order valence-electron chi connectivity index (χ2n) is 6.82. The maximum Gasteiger partial charge on any atom is 0.467 e. The number of halogens is 23. The lowest BCUT2D eigenvalue weighted by atomic mass is 9.83. The molecule has 0 aliphatic rings. The molecule has 2 nitrogen and oxygen atoms in total. The Kier molecular flexibility index (Phi) is 8.50. The molecule has 0 radical (unpaired) electrons. The maximum absolute atomic E-state index is 13.8. The number of ether oxygens (including phenoxy) is 1. The number of carbonyl (C=O) groups excluding carboxylic acids is 1. The molecule has 0 saturated heterocycles. The van der Waals surface area contributed by atoms with Crippen LogP contribution in [0.1, 0.15) is 0 Å². The average molecular weight is 640 g/mol. The third-order valence-electron chi connectivity index (χ3n) is 4.36. The minimum Gasteiger partial charge on any atom is -0.411 e. The SMILES string of the molecule is C=CC(=O)OC(F)(C(F)(F)F)C(F)(F)C(F)(F)C(F)(F)C(F)(F)C(F)(F)C(F)(F)C(F)(C(F)(F)F)C(F)(F)F. The first-order chi connectivity index (χ1) is 16.5. The van der Waals surface area contributed by atoms with Gasteiger partial charge in [0, 0.05) is 6.08 Å². The van der Waals surface area contributed by atoms with Gasteiger partial charge in [-0.15, -0.1) is 0 Å². The van der Waals surface area contributed by atoms with Crippen molar-refractivity contribution >= 4 is 5.97 Å². The summed E-state index contributed by atoms with van der Waals surface area (Å²) >= 11 is 0. The molecule has 0 aliphatic heterocycles. The summed E-state index contributed by atoms with van der Waals surface area (Å²) in [7, 11) is 0. The molecule has 1 unspecified atom stereocenters. The molecule has 1 atom stereocenters. The van der Waals surface area contributed by atoms with Gasteiger partial charge in [0.15, 0.2) is 0 Å². The second-order valence-corrected chi connectivity index (χ2v) is 6.82. The normalized spacial score (nSPS) is 17.5. The molecule has 232 valence electrons. The lowest BCUT2D eigenvalue weighted by molar-refractivity contribution is -0.489. The first kappa shape index (κ1) is 36.6. The Labute approximate surface area is 196 Å². The molecular weight excluding hydrogens is 637 g/mol. The highest BCUT2D eigenvalue weighted by molar-refractivity contribution is 5.81. The van der Waals surface area contributed by atoms with E-state index in [1.807, 2.05) is 0 Å². The Bertz CT molecular complexity index is 922. The van der Waals surface area contributed by atoms with Crippen molar-refractivity contribution in [1.82, 2.24) is 0 Å². The summed E-state index contributed by atoms with van der Waals surface area (Å²) in [4.78, 5) is 10.6. The van der Waals surface area contributed by atoms with Crippen molar-refractivity contribution in [3.05, 3.63) is 12.7 Å². The summed E-state index contributed by atoms with van der Waals surface area (Å²) in [5.41, 5.74) is -9.07. The summed E-state index contributed by atoms with van der Waals surface area (Å²) in [6.07, 6.45) is -25.9. The van der Waals surface area contributed by atoms with Gasteiger partial charge in [0.05, 0.1) is 0 Å². The molecule has 0 heterocycles. The summed E-state index contributed by atoms with van der Waals surface area (Å²) in [5, 5.41) is 0. The molecule has 0 amide bonds. The van der Waals surface area contributed by atoms with Crippen LogP contribution in [0.3, 0.4) is 0 Å². The van der Waals surface area contributed by atoms with Crippen LogP contribution in [0, 0.1) is 0 Å². The van der Waals surface area contributed by atoms with Crippen molar-refractivity contribution in [1.29, 1.82) is 0 Å². The Balaban J connectivity index is 7.53. The van der Waals surface area contributed by atoms with E-state index in [4.69, 9.17) is 0 Å². The number of alkyl halides is 23. The van der Waals surface area contributed by atoms with Gasteiger partial charge in [-0.2, -0.15) is 96.6 Å². The average Bonchev–Trinajstić information content (AvgIpc) is 2.69. The van der Waals surface area contributed by atoms with Crippen molar-refractivity contribution in [3.63, 3.8) is 0 Å². The van der Waals surface area contributed by atoms with Gasteiger partial charge in [-0.05, 0) is 0 Å². The van der Waals surface area contributed by atoms with Crippen molar-refractivity contribution in [3.8, 4) is 0 Å². The number of esters is 1. The van der Waals surface area contributed by atoms with Gasteiger partial charge in [-0.25, -0.2) is 9.18 Å². The van der Waals surface area contributed by atoms with Crippen molar-refractivity contribution < 1.29 is 111 Å². The molecule has 0 fully saturated rings. The van der Waals surface area contributed by atoms with E-state index in [1.165, 1.54) is 0 Å². The smallest absolute Gasteiger partial charge is 0.411 e. The van der Waals surface area contributed by atoms with E-state index in [9.17, 15) is 106 Å². The fourth-order valence-corrected chi connectivity index (χ4v) is 2.20. The number of hydrogen-bond acceptors (Lipinski definition) is 2. The lowest BCUT2D eigenvalue weighted by Gasteiger charge is -2.46. The van der Waals surface area contributed by atoms with Crippen molar-refractivity contribution in [2.75, 3.05) is 0 Å². The van der Waals surface area contributed by atoms with Gasteiger partial charge in [0.25, 0.3) is 0 Å². The quantitative estimate of drug-likeness (QED) is 0.148. The predicted molar refractivity (Wildman–Crippen MR) is 71.8 cm³/mol. The summed E-state index contributed by atoms with van der Waals surface area (Å²) < 4.78 is 305. The fraction of sp³-hybridized carbons (Fsp3) is 0.786. The van der Waals surface area contributed by atoms with Crippen molar-refractivity contribution in [2.24, 2.45) is 0 Å². The zero-order valence-corrected chi connectivity index (χ0v) is 16.8. The van der Waals surface area contributed by atoms with Gasteiger partial charge in [0.1, 0.15) is 0 Å². The largest absolute Gasteiger partial charge is 0.467 e. The van der Waals surface area contributed by atoms with Gasteiger partial charge >= 0.3 is 71.6 Å². The van der Waals surface area contributed by atoms with Crippen LogP contribution >= 0.6 is 0 Å². The number of carbonyl (C=O) groups is 1. The maximum atomic E-state index is 13.8. The Hall–Kier alpha value is -2.40. The minimum absolute atomic E-state index is 0.829. The van der Waals surface area contributed by atoms with Crippen LogP contribution in [0.25, 0.3) is 0 Å². The standard InChI is InChI=1S/C14H3F23O2/c1-2-3(38)39-11(28,14(35,36)37)10(26,27)9(24,25)8(22,23)7(20,21)6(18,19)5(16,17)4(15,12(29,30)31)13(32,33)34/h2H,1H2. The van der Waals surface area contributed by atoms with Crippen LogP contribution in [0.2, 0.25) is 0 Å². The molecule has 0 aromatic rings. The zero-order chi connectivity index (χ0) is 32.5. The zero-order valence-electron chi connectivity index (χ0n) is 16.8. The van der Waals surface area contributed by atoms with Crippen molar-refractivity contribution in [2.45, 2.75) is 65.6 Å². The fourth-order valence-electron chi connectivity index (χ4n) is 2.20. The molecule has 0 saturated carbocycles. The monoisotopic (exact) mass is 640 g/mol.